The van der Waals surface area contributed by atoms with Gasteiger partial charge < -0.3 is 9.64 Å². The smallest absolute Gasteiger partial charge is 0.141 e. The Hall–Kier alpha value is -1.12. The summed E-state index contributed by atoms with van der Waals surface area (Å²) in [7, 11) is 0. The third kappa shape index (κ3) is 2.82. The van der Waals surface area contributed by atoms with Gasteiger partial charge in [-0.1, -0.05) is 5.11 Å². The van der Waals surface area contributed by atoms with Crippen LogP contribution in [0.4, 0.5) is 14.5 Å². The quantitative estimate of drug-likeness (QED) is 0.271. The molecule has 0 radical (unpaired) electrons. The van der Waals surface area contributed by atoms with Crippen molar-refractivity contribution in [3.8, 4) is 0 Å². The Morgan fingerprint density at radius 1 is 1.50 bits per heavy atom. The molecule has 1 aliphatic heterocycles. The van der Waals surface area contributed by atoms with Crippen LogP contribution in [0, 0.1) is 15.2 Å². The van der Waals surface area contributed by atoms with E-state index < -0.39 is 11.6 Å². The molecule has 1 atom stereocenters. The SMILES string of the molecule is [N-]=[N+]=NC[C@H]1CN(c2cc(F)c(I)c(F)c2)CO1. The van der Waals surface area contributed by atoms with Gasteiger partial charge in [0.15, 0.2) is 0 Å². The molecular weight excluding hydrogens is 357 g/mol. The lowest BCUT2D eigenvalue weighted by molar-refractivity contribution is 0.122. The zero-order valence-corrected chi connectivity index (χ0v) is 11.3. The van der Waals surface area contributed by atoms with Crippen molar-refractivity contribution in [1.29, 1.82) is 0 Å². The van der Waals surface area contributed by atoms with Gasteiger partial charge in [0.05, 0.1) is 16.2 Å². The van der Waals surface area contributed by atoms with Crippen LogP contribution in [0.25, 0.3) is 10.4 Å². The maximum Gasteiger partial charge on any atom is 0.141 e. The van der Waals surface area contributed by atoms with Gasteiger partial charge in [0.1, 0.15) is 18.4 Å². The van der Waals surface area contributed by atoms with Crippen molar-refractivity contribution in [2.75, 3.05) is 24.7 Å². The van der Waals surface area contributed by atoms with Gasteiger partial charge in [0.25, 0.3) is 0 Å². The summed E-state index contributed by atoms with van der Waals surface area (Å²) in [5, 5.41) is 3.41. The van der Waals surface area contributed by atoms with Crippen molar-refractivity contribution < 1.29 is 13.5 Å². The van der Waals surface area contributed by atoms with Crippen LogP contribution in [-0.4, -0.2) is 25.9 Å². The topological polar surface area (TPSA) is 61.2 Å². The highest BCUT2D eigenvalue weighted by Crippen LogP contribution is 2.25. The van der Waals surface area contributed by atoms with Gasteiger partial charge in [0, 0.05) is 17.1 Å². The summed E-state index contributed by atoms with van der Waals surface area (Å²) in [5.41, 5.74) is 8.63. The molecule has 0 N–H and O–H groups in total. The molecule has 1 aromatic carbocycles. The van der Waals surface area contributed by atoms with Crippen molar-refractivity contribution in [1.82, 2.24) is 0 Å². The van der Waals surface area contributed by atoms with E-state index in [2.05, 4.69) is 10.0 Å². The summed E-state index contributed by atoms with van der Waals surface area (Å²) in [6, 6.07) is 2.54. The third-order valence-corrected chi connectivity index (χ3v) is 3.60. The van der Waals surface area contributed by atoms with E-state index in [0.717, 1.165) is 0 Å². The lowest BCUT2D eigenvalue weighted by atomic mass is 10.2. The highest BCUT2D eigenvalue weighted by atomic mass is 127. The van der Waals surface area contributed by atoms with Gasteiger partial charge in [-0.3, -0.25) is 0 Å². The predicted molar refractivity (Wildman–Crippen MR) is 70.2 cm³/mol. The molecule has 5 nitrogen and oxygen atoms in total. The molecule has 1 fully saturated rings. The van der Waals surface area contributed by atoms with Gasteiger partial charge in [0.2, 0.25) is 0 Å². The first-order valence-electron chi connectivity index (χ1n) is 5.13. The van der Waals surface area contributed by atoms with E-state index in [1.54, 1.807) is 27.5 Å². The Morgan fingerprint density at radius 2 is 2.17 bits per heavy atom. The molecule has 0 bridgehead atoms. The number of hydrogen-bond acceptors (Lipinski definition) is 3. The highest BCUT2D eigenvalue weighted by molar-refractivity contribution is 14.1. The average molecular weight is 366 g/mol. The van der Waals surface area contributed by atoms with Crippen molar-refractivity contribution in [3.05, 3.63) is 37.8 Å². The number of anilines is 1. The lowest BCUT2D eigenvalue weighted by Gasteiger charge is -2.16. The number of halogens is 3. The fourth-order valence-electron chi connectivity index (χ4n) is 1.69. The van der Waals surface area contributed by atoms with E-state index in [1.165, 1.54) is 12.1 Å². The number of ether oxygens (including phenoxy) is 1. The molecule has 96 valence electrons. The van der Waals surface area contributed by atoms with Crippen LogP contribution < -0.4 is 4.90 Å². The first-order chi connectivity index (χ1) is 8.61. The molecule has 1 aliphatic rings. The maximum atomic E-state index is 13.4. The minimum Gasteiger partial charge on any atom is -0.356 e. The van der Waals surface area contributed by atoms with Crippen LogP contribution in [0.15, 0.2) is 17.2 Å². The van der Waals surface area contributed by atoms with Gasteiger partial charge in [-0.2, -0.15) is 0 Å². The Balaban J connectivity index is 2.12. The largest absolute Gasteiger partial charge is 0.356 e. The second kappa shape index (κ2) is 5.68. The van der Waals surface area contributed by atoms with Crippen LogP contribution in [0.3, 0.4) is 0 Å². The summed E-state index contributed by atoms with van der Waals surface area (Å²) in [4.78, 5) is 4.34. The van der Waals surface area contributed by atoms with Crippen LogP contribution >= 0.6 is 22.6 Å². The van der Waals surface area contributed by atoms with Crippen LogP contribution in [-0.2, 0) is 4.74 Å². The fraction of sp³-hybridized carbons (Fsp3) is 0.400. The highest BCUT2D eigenvalue weighted by Gasteiger charge is 2.24. The second-order valence-electron chi connectivity index (χ2n) is 3.78. The lowest BCUT2D eigenvalue weighted by Crippen LogP contribution is -2.23. The molecular formula is C10H9F2IN4O. The van der Waals surface area contributed by atoms with Crippen LogP contribution in [0.1, 0.15) is 0 Å². The van der Waals surface area contributed by atoms with E-state index in [4.69, 9.17) is 10.3 Å². The zero-order chi connectivity index (χ0) is 13.1. The predicted octanol–water partition coefficient (Wildman–Crippen LogP) is 3.04. The second-order valence-corrected chi connectivity index (χ2v) is 4.86. The molecule has 1 aromatic rings. The molecule has 0 spiro atoms. The van der Waals surface area contributed by atoms with Crippen molar-refractivity contribution in [3.63, 3.8) is 0 Å². The molecule has 18 heavy (non-hydrogen) atoms. The Morgan fingerprint density at radius 3 is 2.78 bits per heavy atom. The molecule has 0 saturated carbocycles. The Labute approximate surface area is 115 Å². The van der Waals surface area contributed by atoms with E-state index >= 15 is 0 Å². The summed E-state index contributed by atoms with van der Waals surface area (Å²) < 4.78 is 32.1. The third-order valence-electron chi connectivity index (χ3n) is 2.57. The first kappa shape index (κ1) is 13.3. The monoisotopic (exact) mass is 366 g/mol. The number of azide groups is 1. The first-order valence-corrected chi connectivity index (χ1v) is 6.21. The molecule has 2 rings (SSSR count). The van der Waals surface area contributed by atoms with Gasteiger partial charge in [-0.25, -0.2) is 8.78 Å². The van der Waals surface area contributed by atoms with E-state index in [-0.39, 0.29) is 22.9 Å². The Bertz CT molecular complexity index is 484. The molecule has 0 amide bonds. The summed E-state index contributed by atoms with van der Waals surface area (Å²) >= 11 is 1.62. The standard InChI is InChI=1S/C10H9F2IN4O/c11-8-1-6(2-9(12)10(8)13)17-4-7(18-5-17)3-15-16-14/h1-2,7H,3-5H2/t7-/m0/s1. The minimum absolute atomic E-state index is 0.0258. The number of rotatable bonds is 3. The summed E-state index contributed by atoms with van der Waals surface area (Å²) in [6.07, 6.45) is -0.244. The molecule has 1 heterocycles. The number of benzene rings is 1. The maximum absolute atomic E-state index is 13.4. The number of nitrogens with zero attached hydrogens (tertiary/aromatic N) is 4. The van der Waals surface area contributed by atoms with Gasteiger partial charge in [-0.05, 0) is 40.3 Å². The average Bonchev–Trinajstić information content (AvgIpc) is 2.81. The van der Waals surface area contributed by atoms with Crippen molar-refractivity contribution in [2.45, 2.75) is 6.10 Å². The normalized spacial score (nSPS) is 18.8. The van der Waals surface area contributed by atoms with Crippen LogP contribution in [0.2, 0.25) is 0 Å². The van der Waals surface area contributed by atoms with Gasteiger partial charge in [-0.15, -0.1) is 0 Å². The molecule has 0 aromatic heterocycles. The van der Waals surface area contributed by atoms with E-state index in [9.17, 15) is 8.78 Å². The number of hydrogen-bond donors (Lipinski definition) is 0. The minimum atomic E-state index is -0.593. The summed E-state index contributed by atoms with van der Waals surface area (Å²) in [6.45, 7) is 0.881. The zero-order valence-electron chi connectivity index (χ0n) is 9.18. The molecule has 1 saturated heterocycles. The van der Waals surface area contributed by atoms with E-state index in [0.29, 0.717) is 12.2 Å². The van der Waals surface area contributed by atoms with Crippen molar-refractivity contribution >= 4 is 28.3 Å². The Kier molecular flexibility index (Phi) is 4.20. The molecule has 0 unspecified atom stereocenters. The fourth-order valence-corrected chi connectivity index (χ4v) is 2.00. The molecule has 8 heteroatoms. The van der Waals surface area contributed by atoms with Gasteiger partial charge >= 0.3 is 0 Å². The molecule has 0 aliphatic carbocycles. The van der Waals surface area contributed by atoms with E-state index in [1.807, 2.05) is 0 Å². The summed E-state index contributed by atoms with van der Waals surface area (Å²) in [5.74, 6) is -1.19. The van der Waals surface area contributed by atoms with Crippen LogP contribution in [0.5, 0.6) is 0 Å². The van der Waals surface area contributed by atoms with Crippen molar-refractivity contribution in [2.24, 2.45) is 5.11 Å².